The number of nitro groups is 1. The first-order chi connectivity index (χ1) is 10.5. The van der Waals surface area contributed by atoms with Crippen molar-refractivity contribution in [1.82, 2.24) is 10.2 Å². The molecule has 1 rings (SSSR count). The minimum atomic E-state index is -0.475. The van der Waals surface area contributed by atoms with Crippen LogP contribution in [0.25, 0.3) is 0 Å². The molecule has 0 saturated heterocycles. The first-order valence-corrected chi connectivity index (χ1v) is 7.75. The lowest BCUT2D eigenvalue weighted by Crippen LogP contribution is -2.33. The van der Waals surface area contributed by atoms with Crippen LogP contribution >= 0.6 is 0 Å². The fourth-order valence-electron chi connectivity index (χ4n) is 2.27. The molecule has 122 valence electrons. The Balaban J connectivity index is 2.42. The van der Waals surface area contributed by atoms with Crippen molar-refractivity contribution in [1.29, 1.82) is 0 Å². The molecule has 1 amide bonds. The number of carbonyl (C=O) groups is 1. The van der Waals surface area contributed by atoms with Gasteiger partial charge in [0.15, 0.2) is 0 Å². The number of nitrogens with one attached hydrogen (secondary N) is 1. The standard InChI is InChI=1S/C16H25N3O3/c1-4-18(5-2)12-6-7-13(3)17-16(20)14-8-10-15(11-9-14)19(21)22/h8-11,13H,4-7,12H2,1-3H3,(H,17,20). The third-order valence-corrected chi connectivity index (χ3v) is 3.72. The molecular weight excluding hydrogens is 282 g/mol. The van der Waals surface area contributed by atoms with Crippen LogP contribution in [0.15, 0.2) is 24.3 Å². The molecular formula is C16H25N3O3. The number of amides is 1. The zero-order chi connectivity index (χ0) is 16.5. The molecule has 0 spiro atoms. The lowest BCUT2D eigenvalue weighted by Gasteiger charge is -2.19. The molecule has 0 aromatic heterocycles. The molecule has 1 aromatic rings. The molecule has 1 atom stereocenters. The molecule has 0 heterocycles. The van der Waals surface area contributed by atoms with Gasteiger partial charge >= 0.3 is 0 Å². The number of nitrogens with zero attached hydrogens (tertiary/aromatic N) is 2. The van der Waals surface area contributed by atoms with E-state index in [1.807, 2.05) is 6.92 Å². The summed E-state index contributed by atoms with van der Waals surface area (Å²) < 4.78 is 0. The summed E-state index contributed by atoms with van der Waals surface area (Å²) in [5.74, 6) is -0.190. The minimum absolute atomic E-state index is 0.0104. The summed E-state index contributed by atoms with van der Waals surface area (Å²) in [5, 5.41) is 13.5. The van der Waals surface area contributed by atoms with Gasteiger partial charge in [0.1, 0.15) is 0 Å². The van der Waals surface area contributed by atoms with E-state index in [4.69, 9.17) is 0 Å². The van der Waals surface area contributed by atoms with Crippen LogP contribution in [-0.4, -0.2) is 41.4 Å². The van der Waals surface area contributed by atoms with Crippen LogP contribution < -0.4 is 5.32 Å². The summed E-state index contributed by atoms with van der Waals surface area (Å²) in [6, 6.07) is 5.74. The van der Waals surface area contributed by atoms with E-state index in [1.54, 1.807) is 0 Å². The quantitative estimate of drug-likeness (QED) is 0.562. The van der Waals surface area contributed by atoms with Crippen molar-refractivity contribution in [2.75, 3.05) is 19.6 Å². The molecule has 0 radical (unpaired) electrons. The largest absolute Gasteiger partial charge is 0.350 e. The van der Waals surface area contributed by atoms with E-state index in [1.165, 1.54) is 24.3 Å². The topological polar surface area (TPSA) is 75.5 Å². The smallest absolute Gasteiger partial charge is 0.269 e. The Bertz CT molecular complexity index is 484. The molecule has 0 bridgehead atoms. The zero-order valence-electron chi connectivity index (χ0n) is 13.5. The fraction of sp³-hybridized carbons (Fsp3) is 0.562. The monoisotopic (exact) mass is 307 g/mol. The van der Waals surface area contributed by atoms with Gasteiger partial charge < -0.3 is 10.2 Å². The predicted molar refractivity (Wildman–Crippen MR) is 87.0 cm³/mol. The minimum Gasteiger partial charge on any atom is -0.350 e. The molecule has 0 aliphatic rings. The van der Waals surface area contributed by atoms with Gasteiger partial charge in [-0.1, -0.05) is 13.8 Å². The highest BCUT2D eigenvalue weighted by atomic mass is 16.6. The number of hydrogen-bond acceptors (Lipinski definition) is 4. The van der Waals surface area contributed by atoms with Gasteiger partial charge in [0.25, 0.3) is 11.6 Å². The van der Waals surface area contributed by atoms with Gasteiger partial charge in [-0.2, -0.15) is 0 Å². The molecule has 0 saturated carbocycles. The van der Waals surface area contributed by atoms with Gasteiger partial charge in [-0.25, -0.2) is 0 Å². The maximum absolute atomic E-state index is 12.1. The van der Waals surface area contributed by atoms with Crippen molar-refractivity contribution in [3.63, 3.8) is 0 Å². The highest BCUT2D eigenvalue weighted by Crippen LogP contribution is 2.12. The average molecular weight is 307 g/mol. The summed E-state index contributed by atoms with van der Waals surface area (Å²) in [6.45, 7) is 9.38. The zero-order valence-corrected chi connectivity index (χ0v) is 13.5. The van der Waals surface area contributed by atoms with Crippen molar-refractivity contribution in [2.45, 2.75) is 39.7 Å². The lowest BCUT2D eigenvalue weighted by atomic mass is 10.1. The van der Waals surface area contributed by atoms with Gasteiger partial charge in [-0.3, -0.25) is 14.9 Å². The first-order valence-electron chi connectivity index (χ1n) is 7.75. The van der Waals surface area contributed by atoms with Gasteiger partial charge in [-0.05, 0) is 51.5 Å². The van der Waals surface area contributed by atoms with Crippen LogP contribution in [0, 0.1) is 10.1 Å². The predicted octanol–water partition coefficient (Wildman–Crippen LogP) is 2.84. The highest BCUT2D eigenvalue weighted by molar-refractivity contribution is 5.94. The summed E-state index contributed by atoms with van der Waals surface area (Å²) in [7, 11) is 0. The molecule has 6 nitrogen and oxygen atoms in total. The second-order valence-electron chi connectivity index (χ2n) is 5.35. The second-order valence-corrected chi connectivity index (χ2v) is 5.35. The van der Waals surface area contributed by atoms with Crippen molar-refractivity contribution >= 4 is 11.6 Å². The highest BCUT2D eigenvalue weighted by Gasteiger charge is 2.12. The number of rotatable bonds is 9. The summed E-state index contributed by atoms with van der Waals surface area (Å²) in [5.41, 5.74) is 0.435. The maximum Gasteiger partial charge on any atom is 0.269 e. The lowest BCUT2D eigenvalue weighted by molar-refractivity contribution is -0.384. The molecule has 0 aliphatic carbocycles. The van der Waals surface area contributed by atoms with Crippen LogP contribution in [-0.2, 0) is 0 Å². The number of carbonyl (C=O) groups excluding carboxylic acids is 1. The Morgan fingerprint density at radius 3 is 2.36 bits per heavy atom. The summed E-state index contributed by atoms with van der Waals surface area (Å²) in [4.78, 5) is 24.5. The SMILES string of the molecule is CCN(CC)CCCC(C)NC(=O)c1ccc([N+](=O)[O-])cc1. The maximum atomic E-state index is 12.1. The third kappa shape index (κ3) is 5.81. The Kier molecular flexibility index (Phi) is 7.52. The molecule has 0 fully saturated rings. The molecule has 22 heavy (non-hydrogen) atoms. The number of hydrogen-bond donors (Lipinski definition) is 1. The van der Waals surface area contributed by atoms with Gasteiger partial charge in [0.05, 0.1) is 4.92 Å². The van der Waals surface area contributed by atoms with Crippen LogP contribution in [0.2, 0.25) is 0 Å². The summed E-state index contributed by atoms with van der Waals surface area (Å²) >= 11 is 0. The van der Waals surface area contributed by atoms with Crippen molar-refractivity contribution < 1.29 is 9.72 Å². The van der Waals surface area contributed by atoms with E-state index in [-0.39, 0.29) is 17.6 Å². The van der Waals surface area contributed by atoms with Crippen LogP contribution in [0.4, 0.5) is 5.69 Å². The summed E-state index contributed by atoms with van der Waals surface area (Å²) in [6.07, 6.45) is 1.94. The van der Waals surface area contributed by atoms with Crippen molar-refractivity contribution in [3.8, 4) is 0 Å². The van der Waals surface area contributed by atoms with E-state index in [2.05, 4.69) is 24.1 Å². The Morgan fingerprint density at radius 1 is 1.27 bits per heavy atom. The van der Waals surface area contributed by atoms with E-state index < -0.39 is 4.92 Å². The van der Waals surface area contributed by atoms with Crippen LogP contribution in [0.5, 0.6) is 0 Å². The first kappa shape index (κ1) is 18.1. The van der Waals surface area contributed by atoms with E-state index in [9.17, 15) is 14.9 Å². The van der Waals surface area contributed by atoms with Crippen molar-refractivity contribution in [3.05, 3.63) is 39.9 Å². The fourth-order valence-corrected chi connectivity index (χ4v) is 2.27. The van der Waals surface area contributed by atoms with Crippen molar-refractivity contribution in [2.24, 2.45) is 0 Å². The number of nitro benzene ring substituents is 1. The van der Waals surface area contributed by atoms with E-state index in [0.29, 0.717) is 5.56 Å². The molecule has 0 aliphatic heterocycles. The molecule has 6 heteroatoms. The Labute approximate surface area is 131 Å². The average Bonchev–Trinajstić information content (AvgIpc) is 2.51. The molecule has 1 aromatic carbocycles. The van der Waals surface area contributed by atoms with Gasteiger partial charge in [0.2, 0.25) is 0 Å². The normalized spacial score (nSPS) is 12.2. The van der Waals surface area contributed by atoms with E-state index in [0.717, 1.165) is 32.5 Å². The molecule has 1 unspecified atom stereocenters. The van der Waals surface area contributed by atoms with Crippen LogP contribution in [0.3, 0.4) is 0 Å². The number of benzene rings is 1. The number of non-ortho nitro benzene ring substituents is 1. The Morgan fingerprint density at radius 2 is 1.86 bits per heavy atom. The van der Waals surface area contributed by atoms with Crippen LogP contribution in [0.1, 0.15) is 44.0 Å². The Hall–Kier alpha value is -1.95. The van der Waals surface area contributed by atoms with Gasteiger partial charge in [0, 0.05) is 23.7 Å². The third-order valence-electron chi connectivity index (χ3n) is 3.72. The van der Waals surface area contributed by atoms with E-state index >= 15 is 0 Å². The molecule has 1 N–H and O–H groups in total. The van der Waals surface area contributed by atoms with Gasteiger partial charge in [-0.15, -0.1) is 0 Å². The second kappa shape index (κ2) is 9.15.